The normalized spacial score (nSPS) is 13.6. The molecule has 17 heavy (non-hydrogen) atoms. The van der Waals surface area contributed by atoms with Crippen LogP contribution < -0.4 is 5.32 Å². The van der Waals surface area contributed by atoms with Crippen molar-refractivity contribution in [3.8, 4) is 0 Å². The van der Waals surface area contributed by atoms with E-state index in [2.05, 4.69) is 10.6 Å². The summed E-state index contributed by atoms with van der Waals surface area (Å²) in [6.07, 6.45) is -0.833. The van der Waals surface area contributed by atoms with Crippen molar-refractivity contribution in [2.45, 2.75) is 19.1 Å². The zero-order valence-electron chi connectivity index (χ0n) is 9.70. The van der Waals surface area contributed by atoms with Gasteiger partial charge < -0.3 is 10.4 Å². The van der Waals surface area contributed by atoms with E-state index in [9.17, 15) is 14.8 Å². The number of nitrogens with zero attached hydrogens (tertiary/aromatic N) is 2. The zero-order valence-corrected chi connectivity index (χ0v) is 9.70. The third-order valence-electron chi connectivity index (χ3n) is 2.38. The Morgan fingerprint density at radius 2 is 2.00 bits per heavy atom. The first-order chi connectivity index (χ1) is 8.06. The molecule has 0 radical (unpaired) electrons. The molecule has 6 nitrogen and oxygen atoms in total. The number of nitroso groups, excluding NO2 is 1. The Morgan fingerprint density at radius 1 is 1.41 bits per heavy atom. The van der Waals surface area contributed by atoms with Crippen molar-refractivity contribution in [2.24, 2.45) is 5.29 Å². The first-order valence-corrected chi connectivity index (χ1v) is 5.16. The SMILES string of the molecule is C[C@@H](NC(=O)N(C)N=O)[C@H](O)c1ccccc1. The molecule has 0 aliphatic carbocycles. The van der Waals surface area contributed by atoms with Crippen LogP contribution in [0.1, 0.15) is 18.6 Å². The van der Waals surface area contributed by atoms with E-state index in [1.54, 1.807) is 31.2 Å². The van der Waals surface area contributed by atoms with Gasteiger partial charge in [0.25, 0.3) is 0 Å². The van der Waals surface area contributed by atoms with Crippen LogP contribution in [0.4, 0.5) is 4.79 Å². The molecule has 6 heteroatoms. The summed E-state index contributed by atoms with van der Waals surface area (Å²) in [5.41, 5.74) is 0.696. The van der Waals surface area contributed by atoms with Gasteiger partial charge in [-0.25, -0.2) is 4.79 Å². The van der Waals surface area contributed by atoms with Crippen molar-refractivity contribution in [1.29, 1.82) is 0 Å². The minimum atomic E-state index is -0.833. The summed E-state index contributed by atoms with van der Waals surface area (Å²) >= 11 is 0. The van der Waals surface area contributed by atoms with Crippen LogP contribution in [-0.4, -0.2) is 29.2 Å². The van der Waals surface area contributed by atoms with Gasteiger partial charge >= 0.3 is 6.03 Å². The van der Waals surface area contributed by atoms with E-state index in [-0.39, 0.29) is 0 Å². The molecule has 1 rings (SSSR count). The summed E-state index contributed by atoms with van der Waals surface area (Å²) in [6.45, 7) is 1.65. The molecule has 0 unspecified atom stereocenters. The van der Waals surface area contributed by atoms with Crippen LogP contribution in [0.25, 0.3) is 0 Å². The van der Waals surface area contributed by atoms with Gasteiger partial charge in [-0.15, -0.1) is 4.91 Å². The Morgan fingerprint density at radius 3 is 2.53 bits per heavy atom. The predicted octanol–water partition coefficient (Wildman–Crippen LogP) is 1.43. The van der Waals surface area contributed by atoms with Gasteiger partial charge in [-0.3, -0.25) is 0 Å². The Labute approximate surface area is 99.2 Å². The Kier molecular flexibility index (Phi) is 4.59. The minimum absolute atomic E-state index is 0.519. The number of hydrogen-bond donors (Lipinski definition) is 2. The lowest BCUT2D eigenvalue weighted by Gasteiger charge is -2.21. The van der Waals surface area contributed by atoms with Gasteiger partial charge in [-0.1, -0.05) is 30.3 Å². The van der Waals surface area contributed by atoms with Gasteiger partial charge in [0.1, 0.15) is 0 Å². The van der Waals surface area contributed by atoms with Crippen molar-refractivity contribution < 1.29 is 9.90 Å². The smallest absolute Gasteiger partial charge is 0.340 e. The van der Waals surface area contributed by atoms with Gasteiger partial charge in [0.15, 0.2) is 0 Å². The molecule has 0 spiro atoms. The van der Waals surface area contributed by atoms with Crippen molar-refractivity contribution in [1.82, 2.24) is 10.3 Å². The number of hydrogen-bond acceptors (Lipinski definition) is 4. The highest BCUT2D eigenvalue weighted by molar-refractivity contribution is 5.73. The van der Waals surface area contributed by atoms with E-state index < -0.39 is 18.2 Å². The van der Waals surface area contributed by atoms with Crippen molar-refractivity contribution in [2.75, 3.05) is 7.05 Å². The fourth-order valence-electron chi connectivity index (χ4n) is 1.34. The molecular formula is C11H15N3O3. The van der Waals surface area contributed by atoms with Gasteiger partial charge in [0.05, 0.1) is 17.4 Å². The van der Waals surface area contributed by atoms with E-state index in [1.807, 2.05) is 6.07 Å². The van der Waals surface area contributed by atoms with Gasteiger partial charge in [0.2, 0.25) is 0 Å². The van der Waals surface area contributed by atoms with Gasteiger partial charge in [-0.2, -0.15) is 5.01 Å². The molecule has 0 saturated carbocycles. The first-order valence-electron chi connectivity index (χ1n) is 5.16. The number of benzene rings is 1. The van der Waals surface area contributed by atoms with Crippen LogP contribution in [0.15, 0.2) is 35.6 Å². The van der Waals surface area contributed by atoms with Crippen LogP contribution in [0, 0.1) is 4.91 Å². The van der Waals surface area contributed by atoms with Gasteiger partial charge in [0, 0.05) is 7.05 Å². The number of nitrogens with one attached hydrogen (secondary N) is 1. The van der Waals surface area contributed by atoms with E-state index in [0.29, 0.717) is 10.6 Å². The lowest BCUT2D eigenvalue weighted by molar-refractivity contribution is 0.132. The van der Waals surface area contributed by atoms with Crippen LogP contribution in [0.2, 0.25) is 0 Å². The number of carbonyl (C=O) groups excluding carboxylic acids is 1. The van der Waals surface area contributed by atoms with Crippen LogP contribution >= 0.6 is 0 Å². The van der Waals surface area contributed by atoms with Crippen LogP contribution in [0.5, 0.6) is 0 Å². The summed E-state index contributed by atoms with van der Waals surface area (Å²) < 4.78 is 0. The molecule has 2 N–H and O–H groups in total. The third kappa shape index (κ3) is 3.53. The summed E-state index contributed by atoms with van der Waals surface area (Å²) in [4.78, 5) is 21.5. The fraction of sp³-hybridized carbons (Fsp3) is 0.364. The Bertz CT molecular complexity index is 383. The van der Waals surface area contributed by atoms with Gasteiger partial charge in [-0.05, 0) is 12.5 Å². The molecule has 2 atom stereocenters. The summed E-state index contributed by atoms with van der Waals surface area (Å²) in [5, 5.41) is 15.5. The quantitative estimate of drug-likeness (QED) is 0.614. The molecule has 0 bridgehead atoms. The van der Waals surface area contributed by atoms with Crippen LogP contribution in [-0.2, 0) is 0 Å². The first kappa shape index (κ1) is 13.1. The second-order valence-corrected chi connectivity index (χ2v) is 3.70. The molecule has 0 aliphatic rings. The number of urea groups is 1. The number of aliphatic hydroxyl groups excluding tert-OH is 1. The van der Waals surface area contributed by atoms with Crippen molar-refractivity contribution in [3.63, 3.8) is 0 Å². The largest absolute Gasteiger partial charge is 0.386 e. The Balaban J connectivity index is 2.62. The highest BCUT2D eigenvalue weighted by Gasteiger charge is 2.19. The number of carbonyl (C=O) groups is 1. The average Bonchev–Trinajstić information content (AvgIpc) is 2.37. The molecule has 0 heterocycles. The molecule has 0 aliphatic heterocycles. The predicted molar refractivity (Wildman–Crippen MR) is 63.0 cm³/mol. The highest BCUT2D eigenvalue weighted by Crippen LogP contribution is 2.16. The summed E-state index contributed by atoms with van der Waals surface area (Å²) in [7, 11) is 1.24. The molecule has 92 valence electrons. The summed E-state index contributed by atoms with van der Waals surface area (Å²) in [5.74, 6) is 0. The zero-order chi connectivity index (χ0) is 12.8. The molecule has 1 aromatic rings. The number of aliphatic hydroxyl groups is 1. The lowest BCUT2D eigenvalue weighted by atomic mass is 10.0. The second-order valence-electron chi connectivity index (χ2n) is 3.70. The van der Waals surface area contributed by atoms with E-state index in [0.717, 1.165) is 0 Å². The maximum absolute atomic E-state index is 11.3. The molecule has 0 saturated heterocycles. The average molecular weight is 237 g/mol. The number of amides is 2. The molecular weight excluding hydrogens is 222 g/mol. The molecule has 1 aromatic carbocycles. The highest BCUT2D eigenvalue weighted by atomic mass is 16.3. The van der Waals surface area contributed by atoms with Crippen molar-refractivity contribution in [3.05, 3.63) is 40.8 Å². The third-order valence-corrected chi connectivity index (χ3v) is 2.38. The van der Waals surface area contributed by atoms with E-state index in [4.69, 9.17) is 0 Å². The number of rotatable bonds is 4. The van der Waals surface area contributed by atoms with E-state index in [1.165, 1.54) is 7.05 Å². The fourth-order valence-corrected chi connectivity index (χ4v) is 1.34. The minimum Gasteiger partial charge on any atom is -0.386 e. The van der Waals surface area contributed by atoms with E-state index >= 15 is 0 Å². The molecule has 0 fully saturated rings. The Hall–Kier alpha value is -1.95. The summed E-state index contributed by atoms with van der Waals surface area (Å²) in [6, 6.07) is 7.78. The van der Waals surface area contributed by atoms with Crippen molar-refractivity contribution >= 4 is 6.03 Å². The maximum atomic E-state index is 11.3. The standard InChI is InChI=1S/C11H15N3O3/c1-8(12-11(16)14(2)13-17)10(15)9-6-4-3-5-7-9/h3-8,10,15H,1-2H3,(H,12,16)/t8-,10+/m1/s1. The molecule has 0 aromatic heterocycles. The monoisotopic (exact) mass is 237 g/mol. The maximum Gasteiger partial charge on any atom is 0.340 e. The molecule has 2 amide bonds. The van der Waals surface area contributed by atoms with Crippen LogP contribution in [0.3, 0.4) is 0 Å². The topological polar surface area (TPSA) is 82.0 Å². The second kappa shape index (κ2) is 5.95. The lowest BCUT2D eigenvalue weighted by Crippen LogP contribution is -2.42.